The minimum atomic E-state index is -0.291. The van der Waals surface area contributed by atoms with Crippen LogP contribution in [0.5, 0.6) is 0 Å². The topological polar surface area (TPSA) is 49.4 Å². The molecule has 1 atom stereocenters. The summed E-state index contributed by atoms with van der Waals surface area (Å²) >= 11 is 0. The van der Waals surface area contributed by atoms with Gasteiger partial charge < -0.3 is 10.2 Å². The van der Waals surface area contributed by atoms with Gasteiger partial charge >= 0.3 is 0 Å². The van der Waals surface area contributed by atoms with Crippen molar-refractivity contribution in [3.05, 3.63) is 0 Å². The van der Waals surface area contributed by atoms with Gasteiger partial charge in [-0.3, -0.25) is 9.59 Å². The molecule has 1 aliphatic heterocycles. The van der Waals surface area contributed by atoms with Crippen molar-refractivity contribution in [2.45, 2.75) is 51.1 Å². The third-order valence-electron chi connectivity index (χ3n) is 3.42. The number of carbonyl (C=O) groups is 2. The van der Waals surface area contributed by atoms with Crippen LogP contribution in [0.3, 0.4) is 0 Å². The largest absolute Gasteiger partial charge is 0.344 e. The van der Waals surface area contributed by atoms with Crippen LogP contribution >= 0.6 is 0 Å². The summed E-state index contributed by atoms with van der Waals surface area (Å²) in [5.41, 5.74) is 0. The molecule has 4 heteroatoms. The number of hydrogen-bond acceptors (Lipinski definition) is 2. The van der Waals surface area contributed by atoms with Crippen LogP contribution < -0.4 is 5.32 Å². The second-order valence-corrected chi connectivity index (χ2v) is 4.39. The zero-order valence-corrected chi connectivity index (χ0v) is 9.16. The summed E-state index contributed by atoms with van der Waals surface area (Å²) in [6.45, 7) is 2.54. The molecule has 0 aromatic carbocycles. The van der Waals surface area contributed by atoms with Crippen molar-refractivity contribution in [1.29, 1.82) is 0 Å². The van der Waals surface area contributed by atoms with Crippen LogP contribution in [0.15, 0.2) is 0 Å². The molecule has 1 heterocycles. The first kappa shape index (κ1) is 10.5. The molecule has 84 valence electrons. The Morgan fingerprint density at radius 2 is 2.13 bits per heavy atom. The van der Waals surface area contributed by atoms with Crippen molar-refractivity contribution in [2.75, 3.05) is 6.54 Å². The summed E-state index contributed by atoms with van der Waals surface area (Å²) in [7, 11) is 0. The van der Waals surface area contributed by atoms with E-state index in [0.29, 0.717) is 25.4 Å². The van der Waals surface area contributed by atoms with E-state index in [1.54, 1.807) is 0 Å². The van der Waals surface area contributed by atoms with Crippen LogP contribution in [-0.2, 0) is 9.59 Å². The molecule has 1 saturated carbocycles. The minimum absolute atomic E-state index is 0.0111. The Balaban J connectivity index is 2.09. The van der Waals surface area contributed by atoms with Crippen LogP contribution in [0.2, 0.25) is 0 Å². The lowest BCUT2D eigenvalue weighted by Crippen LogP contribution is -2.50. The molecular weight excluding hydrogens is 192 g/mol. The molecule has 4 nitrogen and oxygen atoms in total. The molecule has 1 unspecified atom stereocenters. The lowest BCUT2D eigenvalue weighted by molar-refractivity contribution is -0.137. The highest BCUT2D eigenvalue weighted by atomic mass is 16.2. The predicted molar refractivity (Wildman–Crippen MR) is 56.2 cm³/mol. The third-order valence-corrected chi connectivity index (χ3v) is 3.42. The van der Waals surface area contributed by atoms with Crippen molar-refractivity contribution in [3.8, 4) is 0 Å². The Morgan fingerprint density at radius 1 is 1.40 bits per heavy atom. The summed E-state index contributed by atoms with van der Waals surface area (Å²) in [6, 6.07) is 0.111. The van der Waals surface area contributed by atoms with E-state index in [1.807, 2.05) is 11.8 Å². The molecule has 2 aliphatic rings. The summed E-state index contributed by atoms with van der Waals surface area (Å²) in [4.78, 5) is 25.4. The molecule has 2 rings (SSSR count). The zero-order chi connectivity index (χ0) is 10.8. The van der Waals surface area contributed by atoms with Gasteiger partial charge in [0.2, 0.25) is 11.8 Å². The number of nitrogens with zero attached hydrogens (tertiary/aromatic N) is 1. The van der Waals surface area contributed by atoms with Gasteiger partial charge in [-0.15, -0.1) is 0 Å². The van der Waals surface area contributed by atoms with Crippen molar-refractivity contribution in [2.24, 2.45) is 0 Å². The number of carbonyl (C=O) groups excluding carboxylic acids is 2. The lowest BCUT2D eigenvalue weighted by Gasteiger charge is -2.37. The molecule has 1 saturated heterocycles. The summed E-state index contributed by atoms with van der Waals surface area (Å²) in [5, 5.41) is 2.78. The highest BCUT2D eigenvalue weighted by molar-refractivity contribution is 5.90. The molecule has 2 amide bonds. The van der Waals surface area contributed by atoms with E-state index in [4.69, 9.17) is 0 Å². The summed E-state index contributed by atoms with van der Waals surface area (Å²) in [5.74, 6) is 0.130. The Kier molecular flexibility index (Phi) is 2.93. The summed E-state index contributed by atoms with van der Waals surface area (Å²) < 4.78 is 0. The van der Waals surface area contributed by atoms with Crippen molar-refractivity contribution >= 4 is 11.8 Å². The first-order valence-corrected chi connectivity index (χ1v) is 5.82. The van der Waals surface area contributed by atoms with Crippen molar-refractivity contribution < 1.29 is 9.59 Å². The maximum Gasteiger partial charge on any atom is 0.245 e. The highest BCUT2D eigenvalue weighted by Gasteiger charge is 2.34. The van der Waals surface area contributed by atoms with E-state index >= 15 is 0 Å². The van der Waals surface area contributed by atoms with Crippen LogP contribution in [0.4, 0.5) is 0 Å². The third kappa shape index (κ3) is 1.98. The fourth-order valence-corrected chi connectivity index (χ4v) is 2.20. The number of nitrogens with one attached hydrogen (secondary N) is 1. The predicted octanol–water partition coefficient (Wildman–Crippen LogP) is 0.666. The Bertz CT molecular complexity index is 274. The first-order valence-electron chi connectivity index (χ1n) is 5.82. The molecule has 1 N–H and O–H groups in total. The highest BCUT2D eigenvalue weighted by Crippen LogP contribution is 2.26. The molecule has 2 fully saturated rings. The standard InChI is InChI=1S/C11H18N2O2/c1-2-9-11(15)13(8-4-3-5-8)7-6-10(14)12-9/h8-9H,2-7H2,1H3,(H,12,14). The zero-order valence-electron chi connectivity index (χ0n) is 9.16. The van der Waals surface area contributed by atoms with E-state index in [0.717, 1.165) is 12.8 Å². The molecule has 0 bridgehead atoms. The van der Waals surface area contributed by atoms with Crippen LogP contribution in [0.25, 0.3) is 0 Å². The molecule has 0 spiro atoms. The number of rotatable bonds is 2. The average Bonchev–Trinajstić information content (AvgIpc) is 2.28. The molecule has 15 heavy (non-hydrogen) atoms. The molecule has 0 aromatic rings. The smallest absolute Gasteiger partial charge is 0.245 e. The average molecular weight is 210 g/mol. The first-order chi connectivity index (χ1) is 7.22. The SMILES string of the molecule is CCC1NC(=O)CCN(C2CCC2)C1=O. The van der Waals surface area contributed by atoms with E-state index < -0.39 is 0 Å². The Hall–Kier alpha value is -1.06. The molecule has 0 radical (unpaired) electrons. The van der Waals surface area contributed by atoms with Crippen molar-refractivity contribution in [1.82, 2.24) is 10.2 Å². The minimum Gasteiger partial charge on any atom is -0.344 e. The molecule has 1 aliphatic carbocycles. The fraction of sp³-hybridized carbons (Fsp3) is 0.818. The molecule has 0 aromatic heterocycles. The van der Waals surface area contributed by atoms with Crippen LogP contribution in [-0.4, -0.2) is 35.3 Å². The van der Waals surface area contributed by atoms with Gasteiger partial charge in [0.15, 0.2) is 0 Å². The van der Waals surface area contributed by atoms with Crippen molar-refractivity contribution in [3.63, 3.8) is 0 Å². The maximum atomic E-state index is 12.1. The van der Waals surface area contributed by atoms with Gasteiger partial charge in [-0.05, 0) is 25.7 Å². The van der Waals surface area contributed by atoms with Gasteiger partial charge in [0.05, 0.1) is 0 Å². The lowest BCUT2D eigenvalue weighted by atomic mass is 9.91. The Morgan fingerprint density at radius 3 is 2.67 bits per heavy atom. The van der Waals surface area contributed by atoms with E-state index in [1.165, 1.54) is 6.42 Å². The number of hydrogen-bond donors (Lipinski definition) is 1. The van der Waals surface area contributed by atoms with E-state index in [9.17, 15) is 9.59 Å². The second-order valence-electron chi connectivity index (χ2n) is 4.39. The fourth-order valence-electron chi connectivity index (χ4n) is 2.20. The monoisotopic (exact) mass is 210 g/mol. The van der Waals surface area contributed by atoms with Crippen LogP contribution in [0.1, 0.15) is 39.0 Å². The van der Waals surface area contributed by atoms with Gasteiger partial charge in [0, 0.05) is 19.0 Å². The van der Waals surface area contributed by atoms with Gasteiger partial charge in [0.1, 0.15) is 6.04 Å². The Labute approximate surface area is 90.0 Å². The summed E-state index contributed by atoms with van der Waals surface area (Å²) in [6.07, 6.45) is 4.58. The van der Waals surface area contributed by atoms with Crippen LogP contribution in [0, 0.1) is 0 Å². The van der Waals surface area contributed by atoms with Gasteiger partial charge in [-0.2, -0.15) is 0 Å². The normalized spacial score (nSPS) is 28.3. The number of amides is 2. The van der Waals surface area contributed by atoms with Gasteiger partial charge in [-0.1, -0.05) is 6.92 Å². The van der Waals surface area contributed by atoms with E-state index in [-0.39, 0.29) is 17.9 Å². The van der Waals surface area contributed by atoms with E-state index in [2.05, 4.69) is 5.32 Å². The maximum absolute atomic E-state index is 12.1. The quantitative estimate of drug-likeness (QED) is 0.728. The van der Waals surface area contributed by atoms with Gasteiger partial charge in [0.25, 0.3) is 0 Å². The second kappa shape index (κ2) is 4.21. The molecular formula is C11H18N2O2. The van der Waals surface area contributed by atoms with Gasteiger partial charge in [-0.25, -0.2) is 0 Å².